The second-order valence-electron chi connectivity index (χ2n) is 2.80. The molecule has 1 aromatic heterocycles. The van der Waals surface area contributed by atoms with E-state index in [1.54, 1.807) is 18.8 Å². The molecule has 0 aliphatic rings. The molecule has 1 unspecified atom stereocenters. The maximum absolute atomic E-state index is 9.57. The van der Waals surface area contributed by atoms with Crippen LogP contribution in [0, 0.1) is 6.92 Å². The van der Waals surface area contributed by atoms with Gasteiger partial charge in [0.1, 0.15) is 0 Å². The van der Waals surface area contributed by atoms with Crippen molar-refractivity contribution < 1.29 is 9.84 Å². The van der Waals surface area contributed by atoms with Gasteiger partial charge in [-0.25, -0.2) is 4.68 Å². The summed E-state index contributed by atoms with van der Waals surface area (Å²) in [5.41, 5.74) is 1.41. The number of aryl methyl sites for hydroxylation is 2. The maximum Gasteiger partial charge on any atom is 0.217 e. The number of ether oxygens (including phenoxy) is 1. The van der Waals surface area contributed by atoms with Gasteiger partial charge in [0, 0.05) is 7.05 Å². The third-order valence-electron chi connectivity index (χ3n) is 1.89. The smallest absolute Gasteiger partial charge is 0.217 e. The number of rotatable bonds is 3. The standard InChI is InChI=1S/C8H13ClN2O2/c1-5-7(6(12)4-9)8(13-3)11(2)10-5/h6,12H,4H2,1-3H3. The summed E-state index contributed by atoms with van der Waals surface area (Å²) in [6.45, 7) is 1.81. The number of aromatic nitrogens is 2. The maximum atomic E-state index is 9.57. The molecular weight excluding hydrogens is 192 g/mol. The Bertz CT molecular complexity index is 299. The summed E-state index contributed by atoms with van der Waals surface area (Å²) in [6, 6.07) is 0. The van der Waals surface area contributed by atoms with Crippen molar-refractivity contribution in [1.29, 1.82) is 0 Å². The molecule has 0 aliphatic heterocycles. The molecule has 0 radical (unpaired) electrons. The van der Waals surface area contributed by atoms with E-state index < -0.39 is 6.10 Å². The Hall–Kier alpha value is -0.740. The molecule has 1 N–H and O–H groups in total. The number of aliphatic hydroxyl groups is 1. The highest BCUT2D eigenvalue weighted by molar-refractivity contribution is 6.18. The van der Waals surface area contributed by atoms with Crippen LogP contribution in [-0.2, 0) is 7.05 Å². The van der Waals surface area contributed by atoms with Crippen molar-refractivity contribution in [3.05, 3.63) is 11.3 Å². The summed E-state index contributed by atoms with van der Waals surface area (Å²) >= 11 is 5.55. The molecule has 4 nitrogen and oxygen atoms in total. The number of nitrogens with zero attached hydrogens (tertiary/aromatic N) is 2. The first-order chi connectivity index (χ1) is 6.11. The van der Waals surface area contributed by atoms with E-state index in [2.05, 4.69) is 5.10 Å². The van der Waals surface area contributed by atoms with Crippen LogP contribution in [0.5, 0.6) is 5.88 Å². The minimum Gasteiger partial charge on any atom is -0.481 e. The Morgan fingerprint density at radius 1 is 1.69 bits per heavy atom. The second-order valence-corrected chi connectivity index (χ2v) is 3.11. The van der Waals surface area contributed by atoms with Crippen LogP contribution < -0.4 is 4.74 Å². The van der Waals surface area contributed by atoms with Crippen LogP contribution in [-0.4, -0.2) is 27.9 Å². The molecule has 0 fully saturated rings. The Labute approximate surface area is 82.1 Å². The lowest BCUT2D eigenvalue weighted by Gasteiger charge is -2.08. The first-order valence-electron chi connectivity index (χ1n) is 3.93. The van der Waals surface area contributed by atoms with E-state index in [1.165, 1.54) is 0 Å². The van der Waals surface area contributed by atoms with E-state index in [9.17, 15) is 5.11 Å². The van der Waals surface area contributed by atoms with Gasteiger partial charge >= 0.3 is 0 Å². The summed E-state index contributed by atoms with van der Waals surface area (Å²) in [5, 5.41) is 13.7. The van der Waals surface area contributed by atoms with Crippen LogP contribution in [0.1, 0.15) is 17.4 Å². The van der Waals surface area contributed by atoms with Crippen LogP contribution in [0.2, 0.25) is 0 Å². The summed E-state index contributed by atoms with van der Waals surface area (Å²) in [5.74, 6) is 0.703. The van der Waals surface area contributed by atoms with Crippen molar-refractivity contribution in [1.82, 2.24) is 9.78 Å². The minimum absolute atomic E-state index is 0.142. The lowest BCUT2D eigenvalue weighted by atomic mass is 10.1. The summed E-state index contributed by atoms with van der Waals surface area (Å²) < 4.78 is 6.69. The first-order valence-corrected chi connectivity index (χ1v) is 4.46. The van der Waals surface area contributed by atoms with E-state index in [1.807, 2.05) is 6.92 Å². The molecule has 0 saturated carbocycles. The Morgan fingerprint density at radius 3 is 2.77 bits per heavy atom. The number of hydrogen-bond acceptors (Lipinski definition) is 3. The molecule has 0 aromatic carbocycles. The topological polar surface area (TPSA) is 47.3 Å². The van der Waals surface area contributed by atoms with Crippen LogP contribution in [0.3, 0.4) is 0 Å². The molecule has 1 atom stereocenters. The SMILES string of the molecule is COc1c(C(O)CCl)c(C)nn1C. The zero-order valence-corrected chi connectivity index (χ0v) is 8.67. The quantitative estimate of drug-likeness (QED) is 0.748. The van der Waals surface area contributed by atoms with Gasteiger partial charge in [-0.05, 0) is 6.92 Å². The second kappa shape index (κ2) is 3.98. The van der Waals surface area contributed by atoms with Gasteiger partial charge in [0.15, 0.2) is 0 Å². The first kappa shape index (κ1) is 10.3. The van der Waals surface area contributed by atoms with Gasteiger partial charge in [-0.15, -0.1) is 11.6 Å². The zero-order valence-electron chi connectivity index (χ0n) is 7.91. The molecule has 1 aromatic rings. The molecule has 0 saturated heterocycles. The van der Waals surface area contributed by atoms with Crippen molar-refractivity contribution in [3.63, 3.8) is 0 Å². The molecule has 13 heavy (non-hydrogen) atoms. The van der Waals surface area contributed by atoms with E-state index in [0.29, 0.717) is 11.4 Å². The fraction of sp³-hybridized carbons (Fsp3) is 0.625. The van der Waals surface area contributed by atoms with E-state index in [0.717, 1.165) is 5.69 Å². The van der Waals surface area contributed by atoms with Crippen LogP contribution >= 0.6 is 11.6 Å². The van der Waals surface area contributed by atoms with Gasteiger partial charge < -0.3 is 9.84 Å². The van der Waals surface area contributed by atoms with E-state index in [4.69, 9.17) is 16.3 Å². The van der Waals surface area contributed by atoms with Gasteiger partial charge in [0.05, 0.1) is 30.4 Å². The number of methoxy groups -OCH3 is 1. The predicted molar refractivity (Wildman–Crippen MR) is 50.2 cm³/mol. The third-order valence-corrected chi connectivity index (χ3v) is 2.18. The monoisotopic (exact) mass is 204 g/mol. The molecule has 1 rings (SSSR count). The van der Waals surface area contributed by atoms with Gasteiger partial charge in [-0.2, -0.15) is 5.10 Å². The molecule has 0 bridgehead atoms. The number of hydrogen-bond donors (Lipinski definition) is 1. The molecule has 0 spiro atoms. The average Bonchev–Trinajstić information content (AvgIpc) is 2.39. The fourth-order valence-electron chi connectivity index (χ4n) is 1.36. The van der Waals surface area contributed by atoms with Crippen molar-refractivity contribution >= 4 is 11.6 Å². The molecule has 0 aliphatic carbocycles. The van der Waals surface area contributed by atoms with Crippen molar-refractivity contribution in [2.75, 3.05) is 13.0 Å². The van der Waals surface area contributed by atoms with E-state index >= 15 is 0 Å². The molecule has 74 valence electrons. The lowest BCUT2D eigenvalue weighted by molar-refractivity contribution is 0.196. The summed E-state index contributed by atoms with van der Waals surface area (Å²) in [6.07, 6.45) is -0.717. The Balaban J connectivity index is 3.16. The Morgan fingerprint density at radius 2 is 2.31 bits per heavy atom. The fourth-order valence-corrected chi connectivity index (χ4v) is 1.51. The normalized spacial score (nSPS) is 13.0. The number of alkyl halides is 1. The van der Waals surface area contributed by atoms with Crippen molar-refractivity contribution in [2.24, 2.45) is 7.05 Å². The lowest BCUT2D eigenvalue weighted by Crippen LogP contribution is -2.03. The molecule has 0 amide bonds. The van der Waals surface area contributed by atoms with Crippen LogP contribution in [0.15, 0.2) is 0 Å². The molecular formula is C8H13ClN2O2. The highest BCUT2D eigenvalue weighted by Gasteiger charge is 2.20. The average molecular weight is 205 g/mol. The highest BCUT2D eigenvalue weighted by Crippen LogP contribution is 2.28. The number of aliphatic hydroxyl groups excluding tert-OH is 1. The van der Waals surface area contributed by atoms with Crippen LogP contribution in [0.4, 0.5) is 0 Å². The summed E-state index contributed by atoms with van der Waals surface area (Å²) in [4.78, 5) is 0. The highest BCUT2D eigenvalue weighted by atomic mass is 35.5. The summed E-state index contributed by atoms with van der Waals surface area (Å²) in [7, 11) is 3.30. The van der Waals surface area contributed by atoms with Gasteiger partial charge in [-0.3, -0.25) is 0 Å². The Kier molecular flexibility index (Phi) is 3.17. The predicted octanol–water partition coefficient (Wildman–Crippen LogP) is 1.01. The van der Waals surface area contributed by atoms with Gasteiger partial charge in [0.25, 0.3) is 0 Å². The van der Waals surface area contributed by atoms with E-state index in [-0.39, 0.29) is 5.88 Å². The molecule has 5 heteroatoms. The van der Waals surface area contributed by atoms with Crippen LogP contribution in [0.25, 0.3) is 0 Å². The van der Waals surface area contributed by atoms with Gasteiger partial charge in [0.2, 0.25) is 5.88 Å². The van der Waals surface area contributed by atoms with Crippen molar-refractivity contribution in [3.8, 4) is 5.88 Å². The molecule has 1 heterocycles. The third kappa shape index (κ3) is 1.78. The zero-order chi connectivity index (χ0) is 10.0. The van der Waals surface area contributed by atoms with Gasteiger partial charge in [-0.1, -0.05) is 0 Å². The number of halogens is 1. The minimum atomic E-state index is -0.717. The largest absolute Gasteiger partial charge is 0.481 e. The van der Waals surface area contributed by atoms with Crippen molar-refractivity contribution in [2.45, 2.75) is 13.0 Å².